The number of benzene rings is 1. The smallest absolute Gasteiger partial charge is 0.324 e. The van der Waals surface area contributed by atoms with E-state index in [2.05, 4.69) is 15.9 Å². The maximum Gasteiger partial charge on any atom is 0.324 e. The minimum Gasteiger partial charge on any atom is -0.346 e. The van der Waals surface area contributed by atoms with Gasteiger partial charge in [-0.1, -0.05) is 0 Å². The highest BCUT2D eigenvalue weighted by molar-refractivity contribution is 9.10. The molecule has 0 bridgehead atoms. The van der Waals surface area contributed by atoms with E-state index in [1.807, 2.05) is 0 Å². The third-order valence-electron chi connectivity index (χ3n) is 2.26. The van der Waals surface area contributed by atoms with Gasteiger partial charge in [0, 0.05) is 20.7 Å². The lowest BCUT2D eigenvalue weighted by Gasteiger charge is -2.15. The van der Waals surface area contributed by atoms with Crippen LogP contribution in [0.15, 0.2) is 27.6 Å². The Balaban J connectivity index is 2.95. The largest absolute Gasteiger partial charge is 0.346 e. The van der Waals surface area contributed by atoms with Crippen molar-refractivity contribution in [2.45, 2.75) is 17.2 Å². The fourth-order valence-corrected chi connectivity index (χ4v) is 3.33. The Morgan fingerprint density at radius 1 is 1.38 bits per heavy atom. The summed E-state index contributed by atoms with van der Waals surface area (Å²) in [6.07, 6.45) is -3.93. The van der Waals surface area contributed by atoms with Crippen LogP contribution in [-0.4, -0.2) is 33.2 Å². The SMILES string of the molecule is O=C(NCC(F)(F)C(F)F)c1ccc(Br)c(S(=O)(=O)Cl)c1. The van der Waals surface area contributed by atoms with Gasteiger partial charge in [-0.3, -0.25) is 4.79 Å². The minimum atomic E-state index is -4.38. The van der Waals surface area contributed by atoms with Gasteiger partial charge in [-0.05, 0) is 34.1 Å². The van der Waals surface area contributed by atoms with Crippen molar-refractivity contribution in [3.8, 4) is 0 Å². The molecule has 0 unspecified atom stereocenters. The first-order chi connectivity index (χ1) is 9.45. The van der Waals surface area contributed by atoms with Gasteiger partial charge < -0.3 is 5.32 Å². The summed E-state index contributed by atoms with van der Waals surface area (Å²) in [6, 6.07) is 3.11. The van der Waals surface area contributed by atoms with Crippen LogP contribution in [0, 0.1) is 0 Å². The maximum atomic E-state index is 12.7. The van der Waals surface area contributed by atoms with Crippen LogP contribution < -0.4 is 5.32 Å². The molecule has 0 aliphatic heterocycles. The Kier molecular flexibility index (Phi) is 5.62. The number of amides is 1. The molecule has 1 aromatic carbocycles. The van der Waals surface area contributed by atoms with Gasteiger partial charge in [-0.15, -0.1) is 0 Å². The van der Waals surface area contributed by atoms with E-state index in [0.29, 0.717) is 0 Å². The zero-order chi connectivity index (χ0) is 16.4. The van der Waals surface area contributed by atoms with Gasteiger partial charge in [-0.2, -0.15) is 8.78 Å². The standard InChI is InChI=1S/C10H7BrClF4NO3S/c11-6-2-1-5(3-7(6)21(12,19)20)8(18)17-4-10(15,16)9(13)14/h1-3,9H,4H2,(H,17,18). The Morgan fingerprint density at radius 2 is 1.95 bits per heavy atom. The molecule has 0 spiro atoms. The summed E-state index contributed by atoms with van der Waals surface area (Å²) in [6.45, 7) is -1.58. The van der Waals surface area contributed by atoms with Crippen molar-refractivity contribution in [1.29, 1.82) is 0 Å². The molecule has 4 nitrogen and oxygen atoms in total. The number of hydrogen-bond donors (Lipinski definition) is 1. The number of alkyl halides is 4. The second-order valence-electron chi connectivity index (χ2n) is 3.83. The highest BCUT2D eigenvalue weighted by atomic mass is 79.9. The fourth-order valence-electron chi connectivity index (χ4n) is 1.21. The van der Waals surface area contributed by atoms with Crippen LogP contribution in [-0.2, 0) is 9.05 Å². The van der Waals surface area contributed by atoms with Crippen LogP contribution in [0.2, 0.25) is 0 Å². The van der Waals surface area contributed by atoms with Gasteiger partial charge in [0.05, 0.1) is 11.4 Å². The second kappa shape index (κ2) is 6.49. The van der Waals surface area contributed by atoms with Crippen molar-refractivity contribution in [2.75, 3.05) is 6.54 Å². The van der Waals surface area contributed by atoms with Crippen LogP contribution in [0.1, 0.15) is 10.4 Å². The van der Waals surface area contributed by atoms with Gasteiger partial charge in [0.25, 0.3) is 15.0 Å². The zero-order valence-corrected chi connectivity index (χ0v) is 13.1. The summed E-state index contributed by atoms with van der Waals surface area (Å²) in [5, 5.41) is 1.60. The fraction of sp³-hybridized carbons (Fsp3) is 0.300. The predicted molar refractivity (Wildman–Crippen MR) is 70.5 cm³/mol. The summed E-state index contributed by atoms with van der Waals surface area (Å²) in [4.78, 5) is 11.1. The third-order valence-corrected chi connectivity index (χ3v) is 4.58. The Labute approximate surface area is 130 Å². The van der Waals surface area contributed by atoms with Crippen LogP contribution in [0.3, 0.4) is 0 Å². The van der Waals surface area contributed by atoms with Gasteiger partial charge in [0.2, 0.25) is 0 Å². The lowest BCUT2D eigenvalue weighted by molar-refractivity contribution is -0.123. The molecule has 21 heavy (non-hydrogen) atoms. The van der Waals surface area contributed by atoms with E-state index in [1.165, 1.54) is 0 Å². The van der Waals surface area contributed by atoms with Crippen LogP contribution in [0.25, 0.3) is 0 Å². The molecule has 0 saturated heterocycles. The molecule has 0 aromatic heterocycles. The van der Waals surface area contributed by atoms with Crippen molar-refractivity contribution >= 4 is 41.6 Å². The molecule has 1 amide bonds. The summed E-state index contributed by atoms with van der Waals surface area (Å²) in [5.41, 5.74) is -0.317. The average molecular weight is 413 g/mol. The molecular formula is C10H7BrClF4NO3S. The van der Waals surface area contributed by atoms with Crippen LogP contribution in [0.4, 0.5) is 17.6 Å². The molecule has 0 fully saturated rings. The van der Waals surface area contributed by atoms with Crippen molar-refractivity contribution in [3.63, 3.8) is 0 Å². The number of halogens is 6. The molecule has 0 saturated carbocycles. The molecule has 0 aliphatic carbocycles. The summed E-state index contributed by atoms with van der Waals surface area (Å²) >= 11 is 2.89. The normalized spacial score (nSPS) is 12.5. The molecule has 1 N–H and O–H groups in total. The van der Waals surface area contributed by atoms with Crippen molar-refractivity contribution in [3.05, 3.63) is 28.2 Å². The van der Waals surface area contributed by atoms with Crippen molar-refractivity contribution in [2.24, 2.45) is 0 Å². The number of rotatable bonds is 5. The molecule has 0 radical (unpaired) electrons. The summed E-state index contributed by atoms with van der Waals surface area (Å²) in [5.74, 6) is -5.52. The summed E-state index contributed by atoms with van der Waals surface area (Å²) < 4.78 is 71.7. The van der Waals surface area contributed by atoms with E-state index < -0.39 is 38.7 Å². The van der Waals surface area contributed by atoms with E-state index in [0.717, 1.165) is 18.2 Å². The first kappa shape index (κ1) is 18.2. The molecule has 118 valence electrons. The van der Waals surface area contributed by atoms with E-state index in [1.54, 1.807) is 5.32 Å². The highest BCUT2D eigenvalue weighted by Crippen LogP contribution is 2.26. The number of carbonyl (C=O) groups excluding carboxylic acids is 1. The molecule has 0 heterocycles. The summed E-state index contributed by atoms with van der Waals surface area (Å²) in [7, 11) is 0.954. The lowest BCUT2D eigenvalue weighted by atomic mass is 10.2. The average Bonchev–Trinajstić information content (AvgIpc) is 2.35. The predicted octanol–water partition coefficient (Wildman–Crippen LogP) is 3.01. The van der Waals surface area contributed by atoms with Gasteiger partial charge in [0.15, 0.2) is 0 Å². The Morgan fingerprint density at radius 3 is 2.43 bits per heavy atom. The highest BCUT2D eigenvalue weighted by Gasteiger charge is 2.40. The van der Waals surface area contributed by atoms with Gasteiger partial charge >= 0.3 is 12.3 Å². The zero-order valence-electron chi connectivity index (χ0n) is 9.92. The van der Waals surface area contributed by atoms with Crippen LogP contribution >= 0.6 is 26.6 Å². The molecule has 1 aromatic rings. The molecular weight excluding hydrogens is 406 g/mol. The maximum absolute atomic E-state index is 12.7. The van der Waals surface area contributed by atoms with E-state index in [4.69, 9.17) is 10.7 Å². The molecule has 11 heteroatoms. The van der Waals surface area contributed by atoms with Crippen LogP contribution in [0.5, 0.6) is 0 Å². The molecule has 0 atom stereocenters. The number of hydrogen-bond acceptors (Lipinski definition) is 3. The second-order valence-corrected chi connectivity index (χ2v) is 7.22. The molecule has 1 rings (SSSR count). The topological polar surface area (TPSA) is 63.2 Å². The molecule has 0 aliphatic rings. The van der Waals surface area contributed by atoms with Gasteiger partial charge in [0.1, 0.15) is 0 Å². The Bertz CT molecular complexity index is 654. The quantitative estimate of drug-likeness (QED) is 0.597. The Hall–Kier alpha value is -0.870. The first-order valence-corrected chi connectivity index (χ1v) is 8.24. The van der Waals surface area contributed by atoms with Gasteiger partial charge in [-0.25, -0.2) is 17.2 Å². The van der Waals surface area contributed by atoms with E-state index >= 15 is 0 Å². The van der Waals surface area contributed by atoms with E-state index in [-0.39, 0.29) is 10.0 Å². The van der Waals surface area contributed by atoms with Crippen molar-refractivity contribution < 1.29 is 30.8 Å². The monoisotopic (exact) mass is 411 g/mol. The number of carbonyl (C=O) groups is 1. The third kappa shape index (κ3) is 4.82. The first-order valence-electron chi connectivity index (χ1n) is 5.13. The minimum absolute atomic E-state index is 0.0620. The van der Waals surface area contributed by atoms with E-state index in [9.17, 15) is 30.8 Å². The lowest BCUT2D eigenvalue weighted by Crippen LogP contribution is -2.41. The number of nitrogens with one attached hydrogen (secondary N) is 1. The van der Waals surface area contributed by atoms with Crippen molar-refractivity contribution in [1.82, 2.24) is 5.32 Å².